The summed E-state index contributed by atoms with van der Waals surface area (Å²) in [4.78, 5) is 31.1. The number of carbonyl (C=O) groups excluding carboxylic acids is 2. The third kappa shape index (κ3) is 5.05. The topological polar surface area (TPSA) is 103 Å². The van der Waals surface area contributed by atoms with Crippen molar-refractivity contribution >= 4 is 36.6 Å². The summed E-state index contributed by atoms with van der Waals surface area (Å²) in [5, 5.41) is 3.50. The van der Waals surface area contributed by atoms with E-state index in [1.807, 2.05) is 70.2 Å². The molecule has 0 atom stereocenters. The van der Waals surface area contributed by atoms with Gasteiger partial charge in [-0.3, -0.25) is 4.79 Å². The van der Waals surface area contributed by atoms with Crippen LogP contribution in [0.25, 0.3) is 17.1 Å². The lowest BCUT2D eigenvalue weighted by Crippen LogP contribution is -2.41. The van der Waals surface area contributed by atoms with E-state index in [9.17, 15) is 9.59 Å². The molecular weight excluding hydrogens is 433 g/mol. The number of amides is 1. The van der Waals surface area contributed by atoms with Gasteiger partial charge in [-0.25, -0.2) is 9.78 Å². The molecule has 2 N–H and O–H groups in total. The highest BCUT2D eigenvalue weighted by Crippen LogP contribution is 2.38. The molecule has 1 amide bonds. The van der Waals surface area contributed by atoms with Crippen molar-refractivity contribution in [3.8, 4) is 0 Å². The van der Waals surface area contributed by atoms with Gasteiger partial charge in [0.15, 0.2) is 6.29 Å². The number of hydrogen-bond donors (Lipinski definition) is 2. The standard InChI is InChI=1S/C25H28BN3O5/c1-24(2)25(3,4)34-26(33-24)20(14-29-23(31)32-16-17-8-6-5-7-9-17)10-18-11-21-19(15-30)13-28-22(21)27-12-18/h5-13,15H,14,16H2,1-4H3,(H,27,28)(H,29,31). The van der Waals surface area contributed by atoms with Crippen LogP contribution in [0.15, 0.2) is 54.3 Å². The monoisotopic (exact) mass is 461 g/mol. The highest BCUT2D eigenvalue weighted by molar-refractivity contribution is 6.56. The quantitative estimate of drug-likeness (QED) is 0.402. The molecule has 176 valence electrons. The van der Waals surface area contributed by atoms with Gasteiger partial charge in [0, 0.05) is 29.9 Å². The zero-order chi connectivity index (χ0) is 24.3. The normalized spacial score (nSPS) is 17.1. The summed E-state index contributed by atoms with van der Waals surface area (Å²) < 4.78 is 17.8. The first-order chi connectivity index (χ1) is 16.2. The molecule has 4 rings (SSSR count). The molecule has 1 aliphatic rings. The minimum atomic E-state index is -0.674. The fourth-order valence-corrected chi connectivity index (χ4v) is 3.58. The zero-order valence-corrected chi connectivity index (χ0v) is 19.8. The number of carbonyl (C=O) groups is 2. The number of nitrogens with zero attached hydrogens (tertiary/aromatic N) is 1. The maximum atomic E-state index is 12.4. The van der Waals surface area contributed by atoms with Crippen LogP contribution in [0.3, 0.4) is 0 Å². The van der Waals surface area contributed by atoms with Crippen LogP contribution in [0.2, 0.25) is 0 Å². The minimum absolute atomic E-state index is 0.149. The Balaban J connectivity index is 1.55. The van der Waals surface area contributed by atoms with Gasteiger partial charge in [0.1, 0.15) is 12.3 Å². The maximum absolute atomic E-state index is 12.4. The lowest BCUT2D eigenvalue weighted by molar-refractivity contribution is 0.00578. The van der Waals surface area contributed by atoms with Crippen molar-refractivity contribution in [2.24, 2.45) is 0 Å². The molecule has 0 saturated carbocycles. The number of alkyl carbamates (subject to hydrolysis) is 1. The average molecular weight is 461 g/mol. The second kappa shape index (κ2) is 9.44. The number of nitrogens with one attached hydrogen (secondary N) is 2. The number of benzene rings is 1. The Morgan fingerprint density at radius 2 is 1.88 bits per heavy atom. The van der Waals surface area contributed by atoms with E-state index in [4.69, 9.17) is 14.0 Å². The molecule has 1 aromatic carbocycles. The minimum Gasteiger partial charge on any atom is -0.445 e. The summed E-state index contributed by atoms with van der Waals surface area (Å²) >= 11 is 0. The van der Waals surface area contributed by atoms with E-state index in [1.54, 1.807) is 12.4 Å². The van der Waals surface area contributed by atoms with Crippen LogP contribution < -0.4 is 5.32 Å². The van der Waals surface area contributed by atoms with Crippen molar-refractivity contribution in [1.82, 2.24) is 15.3 Å². The molecule has 1 aliphatic heterocycles. The highest BCUT2D eigenvalue weighted by atomic mass is 16.7. The lowest BCUT2D eigenvalue weighted by atomic mass is 9.77. The van der Waals surface area contributed by atoms with Gasteiger partial charge in [-0.2, -0.15) is 0 Å². The van der Waals surface area contributed by atoms with Crippen molar-refractivity contribution in [2.75, 3.05) is 6.54 Å². The Bertz CT molecular complexity index is 1200. The molecule has 0 unspecified atom stereocenters. The molecule has 9 heteroatoms. The molecule has 0 aliphatic carbocycles. The Morgan fingerprint density at radius 3 is 2.56 bits per heavy atom. The third-order valence-electron chi connectivity index (χ3n) is 6.27. The van der Waals surface area contributed by atoms with Crippen LogP contribution >= 0.6 is 0 Å². The van der Waals surface area contributed by atoms with E-state index in [0.29, 0.717) is 22.1 Å². The predicted octanol–water partition coefficient (Wildman–Crippen LogP) is 4.32. The van der Waals surface area contributed by atoms with Crippen LogP contribution in [-0.4, -0.2) is 47.2 Å². The van der Waals surface area contributed by atoms with Gasteiger partial charge in [0.05, 0.1) is 11.2 Å². The molecule has 0 spiro atoms. The summed E-state index contributed by atoms with van der Waals surface area (Å²) in [6.45, 7) is 8.19. The molecule has 0 bridgehead atoms. The Kier molecular flexibility index (Phi) is 6.59. The molecule has 2 aromatic heterocycles. The van der Waals surface area contributed by atoms with E-state index < -0.39 is 24.4 Å². The first-order valence-corrected chi connectivity index (χ1v) is 11.1. The predicted molar refractivity (Wildman–Crippen MR) is 130 cm³/mol. The van der Waals surface area contributed by atoms with Gasteiger partial charge in [-0.05, 0) is 50.4 Å². The number of pyridine rings is 1. The van der Waals surface area contributed by atoms with Crippen LogP contribution in [0.1, 0.15) is 49.2 Å². The summed E-state index contributed by atoms with van der Waals surface area (Å²) in [6, 6.07) is 11.3. The smallest absolute Gasteiger partial charge is 0.445 e. The van der Waals surface area contributed by atoms with Crippen molar-refractivity contribution < 1.29 is 23.6 Å². The van der Waals surface area contributed by atoms with Crippen LogP contribution in [-0.2, 0) is 20.7 Å². The number of H-pyrrole nitrogens is 1. The molecular formula is C25H28BN3O5. The van der Waals surface area contributed by atoms with E-state index in [1.165, 1.54) is 0 Å². The first-order valence-electron chi connectivity index (χ1n) is 11.1. The number of ether oxygens (including phenoxy) is 1. The number of aldehydes is 1. The number of aromatic nitrogens is 2. The van der Waals surface area contributed by atoms with Crippen LogP contribution in [0.5, 0.6) is 0 Å². The van der Waals surface area contributed by atoms with Crippen LogP contribution in [0.4, 0.5) is 4.79 Å². The van der Waals surface area contributed by atoms with Gasteiger partial charge in [0.25, 0.3) is 0 Å². The summed E-state index contributed by atoms with van der Waals surface area (Å²) in [6.07, 6.45) is 5.40. The molecule has 3 aromatic rings. The SMILES string of the molecule is CC1(C)OB(C(=Cc2cnc3[nH]cc(C=O)c3c2)CNC(=O)OCc2ccccc2)OC1(C)C. The molecule has 1 fully saturated rings. The average Bonchev–Trinajstić information content (AvgIpc) is 3.31. The first kappa shape index (κ1) is 23.7. The van der Waals surface area contributed by atoms with Crippen molar-refractivity contribution in [3.63, 3.8) is 0 Å². The Hall–Kier alpha value is -3.43. The molecule has 0 radical (unpaired) electrons. The number of hydrogen-bond acceptors (Lipinski definition) is 6. The zero-order valence-electron chi connectivity index (χ0n) is 19.8. The molecule has 34 heavy (non-hydrogen) atoms. The van der Waals surface area contributed by atoms with E-state index in [0.717, 1.165) is 17.4 Å². The fraction of sp³-hybridized carbons (Fsp3) is 0.320. The Morgan fingerprint density at radius 1 is 1.18 bits per heavy atom. The van der Waals surface area contributed by atoms with Crippen molar-refractivity contribution in [2.45, 2.75) is 45.5 Å². The van der Waals surface area contributed by atoms with E-state index in [-0.39, 0.29) is 13.2 Å². The number of fused-ring (bicyclic) bond motifs is 1. The van der Waals surface area contributed by atoms with Gasteiger partial charge >= 0.3 is 13.2 Å². The van der Waals surface area contributed by atoms with Gasteiger partial charge in [0.2, 0.25) is 0 Å². The molecule has 8 nitrogen and oxygen atoms in total. The molecule has 1 saturated heterocycles. The van der Waals surface area contributed by atoms with E-state index >= 15 is 0 Å². The van der Waals surface area contributed by atoms with Gasteiger partial charge in [-0.15, -0.1) is 0 Å². The number of aromatic amines is 1. The Labute approximate surface area is 198 Å². The van der Waals surface area contributed by atoms with Crippen molar-refractivity contribution in [1.29, 1.82) is 0 Å². The fourth-order valence-electron chi connectivity index (χ4n) is 3.58. The third-order valence-corrected chi connectivity index (χ3v) is 6.27. The van der Waals surface area contributed by atoms with Gasteiger partial charge in [-0.1, -0.05) is 36.4 Å². The van der Waals surface area contributed by atoms with Gasteiger partial charge < -0.3 is 24.3 Å². The largest absolute Gasteiger partial charge is 0.492 e. The summed E-state index contributed by atoms with van der Waals surface area (Å²) in [5.41, 5.74) is 2.41. The summed E-state index contributed by atoms with van der Waals surface area (Å²) in [7, 11) is -0.674. The number of rotatable bonds is 7. The van der Waals surface area contributed by atoms with Crippen LogP contribution in [0, 0.1) is 0 Å². The summed E-state index contributed by atoms with van der Waals surface area (Å²) in [5.74, 6) is 0. The second-order valence-electron chi connectivity index (χ2n) is 9.25. The highest BCUT2D eigenvalue weighted by Gasteiger charge is 2.52. The second-order valence-corrected chi connectivity index (χ2v) is 9.25. The molecule has 3 heterocycles. The maximum Gasteiger partial charge on any atom is 0.492 e. The van der Waals surface area contributed by atoms with Crippen molar-refractivity contribution in [3.05, 3.63) is 71.0 Å². The lowest BCUT2D eigenvalue weighted by Gasteiger charge is -2.32. The van der Waals surface area contributed by atoms with E-state index in [2.05, 4.69) is 15.3 Å².